The van der Waals surface area contributed by atoms with Crippen LogP contribution in [-0.4, -0.2) is 62.7 Å². The molecule has 298 valence electrons. The Hall–Kier alpha value is -3.19. The molecule has 0 radical (unpaired) electrons. The molecule has 0 saturated heterocycles. The van der Waals surface area contributed by atoms with E-state index in [-0.39, 0.29) is 24.2 Å². The maximum Gasteiger partial charge on any atom is 0.310 e. The van der Waals surface area contributed by atoms with E-state index >= 15 is 0 Å². The first-order chi connectivity index (χ1) is 27.1. The number of fused-ring (bicyclic) bond motifs is 4. The summed E-state index contributed by atoms with van der Waals surface area (Å²) < 4.78 is 46.9. The Morgan fingerprint density at radius 3 is 2.45 bits per heavy atom. The van der Waals surface area contributed by atoms with Crippen molar-refractivity contribution in [2.75, 3.05) is 50.8 Å². The van der Waals surface area contributed by atoms with Crippen LogP contribution < -0.4 is 35.0 Å². The van der Waals surface area contributed by atoms with Gasteiger partial charge in [-0.1, -0.05) is 6.42 Å². The quantitative estimate of drug-likeness (QED) is 0.0922. The number of amides is 1. The first-order valence-electron chi connectivity index (χ1n) is 20.3. The van der Waals surface area contributed by atoms with E-state index in [0.717, 1.165) is 105 Å². The number of benzene rings is 3. The van der Waals surface area contributed by atoms with Crippen LogP contribution in [0.25, 0.3) is 5.57 Å². The predicted molar refractivity (Wildman–Crippen MR) is 219 cm³/mol. The molecule has 0 bridgehead atoms. The van der Waals surface area contributed by atoms with E-state index in [0.29, 0.717) is 43.5 Å². The summed E-state index contributed by atoms with van der Waals surface area (Å²) in [4.78, 5) is 44.5. The number of ether oxygens (including phenoxy) is 1. The van der Waals surface area contributed by atoms with Gasteiger partial charge in [-0.25, -0.2) is 4.58 Å². The SMILES string of the molecule is CCN(CC)C(=O)c1ccc(P(=O)([O-])OCCCCCC(=O)OP(F)P)cc1C1=c2cc3c4c(c2Oc2c1cc1c5c2CCCN5CCC1)CCC[N+]=4CCC3. The smallest absolute Gasteiger partial charge is 0.310 e. The van der Waals surface area contributed by atoms with Crippen molar-refractivity contribution in [1.29, 1.82) is 0 Å². The molecule has 3 aromatic rings. The Morgan fingerprint density at radius 1 is 0.946 bits per heavy atom. The van der Waals surface area contributed by atoms with Gasteiger partial charge in [-0.3, -0.25) is 9.59 Å². The molecule has 0 aliphatic carbocycles. The second-order valence-electron chi connectivity index (χ2n) is 15.4. The highest BCUT2D eigenvalue weighted by atomic mass is 32.0. The normalized spacial score (nSPS) is 18.1. The van der Waals surface area contributed by atoms with E-state index in [9.17, 15) is 23.2 Å². The second kappa shape index (κ2) is 16.6. The lowest BCUT2D eigenvalue weighted by atomic mass is 9.81. The minimum absolute atomic E-state index is 0.00182. The summed E-state index contributed by atoms with van der Waals surface area (Å²) in [5, 5.41) is 2.21. The average Bonchev–Trinajstić information content (AvgIpc) is 3.19. The van der Waals surface area contributed by atoms with Crippen LogP contribution in [0.2, 0.25) is 0 Å². The number of aryl methyl sites for hydroxylation is 2. The summed E-state index contributed by atoms with van der Waals surface area (Å²) in [6.45, 7) is 8.95. The Balaban J connectivity index is 1.29. The van der Waals surface area contributed by atoms with Gasteiger partial charge in [-0.2, -0.15) is 4.20 Å². The average molecular weight is 822 g/mol. The van der Waals surface area contributed by atoms with Crippen LogP contribution in [0, 0.1) is 0 Å². The minimum atomic E-state index is -4.61. The summed E-state index contributed by atoms with van der Waals surface area (Å²) in [6, 6.07) is 9.33. The van der Waals surface area contributed by atoms with Crippen molar-refractivity contribution in [3.8, 4) is 11.5 Å². The third-order valence-corrected chi connectivity index (χ3v) is 14.2. The van der Waals surface area contributed by atoms with E-state index in [1.165, 1.54) is 39.4 Å². The van der Waals surface area contributed by atoms with Crippen molar-refractivity contribution in [3.63, 3.8) is 0 Å². The fraction of sp³-hybridized carbons (Fsp3) is 0.500. The molecule has 0 fully saturated rings. The highest BCUT2D eigenvalue weighted by molar-refractivity contribution is 8.08. The lowest BCUT2D eigenvalue weighted by Gasteiger charge is -2.39. The zero-order chi connectivity index (χ0) is 39.1. The van der Waals surface area contributed by atoms with E-state index in [2.05, 4.69) is 26.1 Å². The van der Waals surface area contributed by atoms with Crippen LogP contribution in [0.1, 0.15) is 109 Å². The van der Waals surface area contributed by atoms with Gasteiger partial charge < -0.3 is 33.0 Å². The molecule has 3 unspecified atom stereocenters. The number of carbonyl (C=O) groups is 2. The topological polar surface area (TPSA) is 111 Å². The fourth-order valence-electron chi connectivity index (χ4n) is 9.53. The molecule has 0 N–H and O–H groups in total. The van der Waals surface area contributed by atoms with Gasteiger partial charge in [0, 0.05) is 89.5 Å². The first-order valence-corrected chi connectivity index (χ1v) is 24.6. The van der Waals surface area contributed by atoms with Crippen LogP contribution in [0.3, 0.4) is 0 Å². The van der Waals surface area contributed by atoms with Crippen LogP contribution in [0.5, 0.6) is 11.5 Å². The van der Waals surface area contributed by atoms with Crippen molar-refractivity contribution < 1.29 is 37.0 Å². The zero-order valence-electron chi connectivity index (χ0n) is 32.4. The predicted octanol–water partition coefficient (Wildman–Crippen LogP) is 5.97. The highest BCUT2D eigenvalue weighted by Gasteiger charge is 2.37. The van der Waals surface area contributed by atoms with Gasteiger partial charge in [0.05, 0.1) is 12.2 Å². The number of hydrogen-bond donors (Lipinski definition) is 0. The maximum atomic E-state index is 14.5. The van der Waals surface area contributed by atoms with Crippen molar-refractivity contribution in [3.05, 3.63) is 79.9 Å². The van der Waals surface area contributed by atoms with Gasteiger partial charge in [-0.15, -0.1) is 0 Å². The molecule has 56 heavy (non-hydrogen) atoms. The van der Waals surface area contributed by atoms with Crippen LogP contribution in [-0.2, 0) is 44.1 Å². The monoisotopic (exact) mass is 821 g/mol. The van der Waals surface area contributed by atoms with Crippen LogP contribution >= 0.6 is 24.7 Å². The van der Waals surface area contributed by atoms with Crippen LogP contribution in [0.15, 0.2) is 30.3 Å². The number of anilines is 1. The molecule has 5 aliphatic heterocycles. The third kappa shape index (κ3) is 7.48. The minimum Gasteiger partial charge on any atom is -0.775 e. The van der Waals surface area contributed by atoms with Gasteiger partial charge in [0.25, 0.3) is 14.1 Å². The number of carbonyl (C=O) groups excluding carboxylic acids is 2. The lowest BCUT2D eigenvalue weighted by Crippen LogP contribution is -2.45. The van der Waals surface area contributed by atoms with E-state index in [4.69, 9.17) is 9.26 Å². The molecular weight excluding hydrogens is 770 g/mol. The molecule has 0 spiro atoms. The lowest BCUT2D eigenvalue weighted by molar-refractivity contribution is -0.194. The molecule has 3 atom stereocenters. The van der Waals surface area contributed by atoms with Gasteiger partial charge >= 0.3 is 5.97 Å². The summed E-state index contributed by atoms with van der Waals surface area (Å²) in [5.41, 5.74) is 9.03. The molecule has 5 heterocycles. The largest absolute Gasteiger partial charge is 0.775 e. The number of halogens is 1. The highest BCUT2D eigenvalue weighted by Crippen LogP contribution is 2.50. The molecule has 1 amide bonds. The number of hydrogen-bond acceptors (Lipinski definition) is 8. The molecule has 10 nitrogen and oxygen atoms in total. The molecular formula is C42H51FN3O7P3. The Morgan fingerprint density at radius 2 is 1.68 bits per heavy atom. The molecule has 0 saturated carbocycles. The number of nitrogens with zero attached hydrogens (tertiary/aromatic N) is 3. The van der Waals surface area contributed by atoms with Crippen molar-refractivity contribution in [1.82, 2.24) is 9.48 Å². The summed E-state index contributed by atoms with van der Waals surface area (Å²) >= 11 is 0. The Kier molecular flexibility index (Phi) is 11.7. The molecule has 3 aromatic carbocycles. The standard InChI is InChI=1S/C42H51FN3O7P3/c1-3-44(4-2)42(48)30-18-17-29(56(49,50)51-23-7-5-6-16-36(47)53-55(43)54)26-33(30)37-34-24-27-12-8-19-45-21-10-14-31(38(27)45)40(34)52-41-32-15-11-22-46-20-9-13-28(39(32)46)25-35(37)41/h17-18,24-26H,3-16,19-23,54H2,1-2H3. The van der Waals surface area contributed by atoms with Gasteiger partial charge in [0.2, 0.25) is 5.36 Å². The van der Waals surface area contributed by atoms with Gasteiger partial charge in [0.1, 0.15) is 24.6 Å². The van der Waals surface area contributed by atoms with Gasteiger partial charge in [-0.05, 0) is 116 Å². The molecule has 5 aliphatic rings. The third-order valence-electron chi connectivity index (χ3n) is 12.0. The summed E-state index contributed by atoms with van der Waals surface area (Å²) in [7, 11) is -5.11. The van der Waals surface area contributed by atoms with Crippen LogP contribution in [0.4, 0.5) is 9.88 Å². The van der Waals surface area contributed by atoms with Crippen molar-refractivity contribution >= 4 is 53.1 Å². The Bertz CT molecular complexity index is 2250. The van der Waals surface area contributed by atoms with Crippen molar-refractivity contribution in [2.24, 2.45) is 0 Å². The van der Waals surface area contributed by atoms with E-state index < -0.39 is 21.7 Å². The fourth-order valence-corrected chi connectivity index (χ4v) is 11.2. The summed E-state index contributed by atoms with van der Waals surface area (Å²) in [6.07, 6.45) is 9.23. The zero-order valence-corrected chi connectivity index (χ0v) is 35.3. The number of rotatable bonds is 13. The first kappa shape index (κ1) is 39.6. The molecule has 8 rings (SSSR count). The molecule has 14 heteroatoms. The maximum absolute atomic E-state index is 14.5. The van der Waals surface area contributed by atoms with Gasteiger partial charge in [0.15, 0.2) is 7.60 Å². The van der Waals surface area contributed by atoms with E-state index in [1.54, 1.807) is 17.0 Å². The second-order valence-corrected chi connectivity index (χ2v) is 19.1. The van der Waals surface area contributed by atoms with E-state index in [1.807, 2.05) is 22.8 Å². The Labute approximate surface area is 331 Å². The number of unbranched alkanes of at least 4 members (excludes halogenated alkanes) is 2. The van der Waals surface area contributed by atoms with Crippen molar-refractivity contribution in [2.45, 2.75) is 90.9 Å². The molecule has 0 aromatic heterocycles. The summed E-state index contributed by atoms with van der Waals surface area (Å²) in [5.74, 6) is 0.894.